The molecule has 0 aromatic carbocycles. The molecule has 0 aliphatic carbocycles. The third-order valence-corrected chi connectivity index (χ3v) is 1.65. The normalized spacial score (nSPS) is 16.5. The van der Waals surface area contributed by atoms with E-state index in [2.05, 4.69) is 10.2 Å². The van der Waals surface area contributed by atoms with Gasteiger partial charge in [0, 0.05) is 6.67 Å². The van der Waals surface area contributed by atoms with E-state index in [1.54, 1.807) is 6.92 Å². The fourth-order valence-corrected chi connectivity index (χ4v) is 1.06. The molecule has 0 bridgehead atoms. The van der Waals surface area contributed by atoms with Crippen LogP contribution in [0, 0.1) is 0 Å². The summed E-state index contributed by atoms with van der Waals surface area (Å²) in [6.07, 6.45) is 1.56. The molecule has 12 heavy (non-hydrogen) atoms. The van der Waals surface area contributed by atoms with Gasteiger partial charge >= 0.3 is 0 Å². The fourth-order valence-electron chi connectivity index (χ4n) is 1.06. The average Bonchev–Trinajstić information content (AvgIpc) is 1.84. The van der Waals surface area contributed by atoms with E-state index in [0.29, 0.717) is 6.42 Å². The highest BCUT2D eigenvalue weighted by Gasteiger charge is 2.11. The van der Waals surface area contributed by atoms with Crippen molar-refractivity contribution in [3.05, 3.63) is 0 Å². The summed E-state index contributed by atoms with van der Waals surface area (Å²) >= 11 is 0. The monoisotopic (exact) mass is 175 g/mol. The van der Waals surface area contributed by atoms with Crippen LogP contribution in [0.25, 0.3) is 0 Å². The van der Waals surface area contributed by atoms with Crippen LogP contribution in [0.4, 0.5) is 0 Å². The molecule has 0 heterocycles. The van der Waals surface area contributed by atoms with Gasteiger partial charge in [0.15, 0.2) is 0 Å². The second-order valence-corrected chi connectivity index (χ2v) is 3.55. The zero-order valence-electron chi connectivity index (χ0n) is 8.30. The molecule has 0 radical (unpaired) electrons. The summed E-state index contributed by atoms with van der Waals surface area (Å²) < 4.78 is 0. The van der Waals surface area contributed by atoms with E-state index < -0.39 is 5.72 Å². The minimum atomic E-state index is -1.01. The molecule has 0 spiro atoms. The molecule has 0 saturated carbocycles. The van der Waals surface area contributed by atoms with Crippen LogP contribution in [0.3, 0.4) is 0 Å². The van der Waals surface area contributed by atoms with E-state index in [9.17, 15) is 5.11 Å². The van der Waals surface area contributed by atoms with Crippen LogP contribution < -0.4 is 11.1 Å². The number of rotatable bonds is 6. The van der Waals surface area contributed by atoms with Crippen molar-refractivity contribution in [1.29, 1.82) is 0 Å². The van der Waals surface area contributed by atoms with Gasteiger partial charge in [0.25, 0.3) is 0 Å². The summed E-state index contributed by atoms with van der Waals surface area (Å²) in [6.45, 7) is 3.45. The summed E-state index contributed by atoms with van der Waals surface area (Å²) in [5.74, 6) is 0. The highest BCUT2D eigenvalue weighted by Crippen LogP contribution is 2.03. The summed E-state index contributed by atoms with van der Waals surface area (Å²) in [5, 5.41) is 12.3. The Balaban J connectivity index is 3.31. The molecule has 0 amide bonds. The Labute approximate surface area is 74.7 Å². The minimum absolute atomic E-state index is 0.640. The predicted octanol–water partition coefficient (Wildman–Crippen LogP) is -0.457. The molecule has 0 fully saturated rings. The number of aliphatic hydroxyl groups is 1. The zero-order valence-corrected chi connectivity index (χ0v) is 8.30. The predicted molar refractivity (Wildman–Crippen MR) is 50.6 cm³/mol. The number of hydrogen-bond donors (Lipinski definition) is 3. The van der Waals surface area contributed by atoms with E-state index in [-0.39, 0.29) is 0 Å². The molecular weight excluding hydrogens is 154 g/mol. The Kier molecular flexibility index (Phi) is 5.41. The largest absolute Gasteiger partial charge is 0.376 e. The van der Waals surface area contributed by atoms with Crippen LogP contribution in [-0.2, 0) is 0 Å². The number of nitrogens with two attached hydrogens (primary N) is 1. The molecule has 0 aliphatic heterocycles. The van der Waals surface area contributed by atoms with Crippen molar-refractivity contribution < 1.29 is 5.11 Å². The summed E-state index contributed by atoms with van der Waals surface area (Å²) in [4.78, 5) is 2.14. The molecule has 0 saturated heterocycles. The van der Waals surface area contributed by atoms with Gasteiger partial charge in [-0.2, -0.15) is 0 Å². The van der Waals surface area contributed by atoms with Crippen molar-refractivity contribution in [2.24, 2.45) is 5.73 Å². The molecular formula is C8H21N3O. The van der Waals surface area contributed by atoms with Crippen molar-refractivity contribution in [3.8, 4) is 0 Å². The Morgan fingerprint density at radius 3 is 2.58 bits per heavy atom. The SMILES string of the molecule is CNCN(C)CCC[C@@](C)(N)O. The summed E-state index contributed by atoms with van der Waals surface area (Å²) in [6, 6.07) is 0. The van der Waals surface area contributed by atoms with Gasteiger partial charge in [-0.15, -0.1) is 0 Å². The van der Waals surface area contributed by atoms with Gasteiger partial charge < -0.3 is 16.2 Å². The van der Waals surface area contributed by atoms with Gasteiger partial charge in [-0.3, -0.25) is 4.90 Å². The van der Waals surface area contributed by atoms with Crippen LogP contribution in [-0.4, -0.2) is 43.0 Å². The summed E-state index contributed by atoms with van der Waals surface area (Å²) in [7, 11) is 3.94. The lowest BCUT2D eigenvalue weighted by atomic mass is 10.1. The maximum Gasteiger partial charge on any atom is 0.110 e. The Bertz CT molecular complexity index is 111. The smallest absolute Gasteiger partial charge is 0.110 e. The maximum absolute atomic E-state index is 9.20. The molecule has 74 valence electrons. The minimum Gasteiger partial charge on any atom is -0.376 e. The number of nitrogens with one attached hydrogen (secondary N) is 1. The maximum atomic E-state index is 9.20. The third kappa shape index (κ3) is 7.94. The number of nitrogens with zero attached hydrogens (tertiary/aromatic N) is 1. The average molecular weight is 175 g/mol. The van der Waals surface area contributed by atoms with Gasteiger partial charge in [-0.25, -0.2) is 0 Å². The second-order valence-electron chi connectivity index (χ2n) is 3.55. The first-order valence-corrected chi connectivity index (χ1v) is 4.30. The molecule has 0 unspecified atom stereocenters. The molecule has 0 aromatic rings. The topological polar surface area (TPSA) is 61.5 Å². The van der Waals surface area contributed by atoms with Crippen molar-refractivity contribution in [2.75, 3.05) is 27.3 Å². The van der Waals surface area contributed by atoms with Crippen LogP contribution in [0.15, 0.2) is 0 Å². The molecule has 0 rings (SSSR count). The molecule has 4 heteroatoms. The fraction of sp³-hybridized carbons (Fsp3) is 1.00. The lowest BCUT2D eigenvalue weighted by Gasteiger charge is -2.20. The van der Waals surface area contributed by atoms with Crippen LogP contribution in [0.2, 0.25) is 0 Å². The van der Waals surface area contributed by atoms with Crippen molar-refractivity contribution in [2.45, 2.75) is 25.5 Å². The van der Waals surface area contributed by atoms with Crippen LogP contribution >= 0.6 is 0 Å². The van der Waals surface area contributed by atoms with Crippen LogP contribution in [0.5, 0.6) is 0 Å². The van der Waals surface area contributed by atoms with E-state index in [4.69, 9.17) is 5.73 Å². The lowest BCUT2D eigenvalue weighted by molar-refractivity contribution is 0.0530. The Morgan fingerprint density at radius 1 is 1.58 bits per heavy atom. The van der Waals surface area contributed by atoms with Gasteiger partial charge in [0.05, 0.1) is 0 Å². The highest BCUT2D eigenvalue weighted by atomic mass is 16.3. The zero-order chi connectivity index (χ0) is 9.61. The first-order valence-electron chi connectivity index (χ1n) is 4.30. The third-order valence-electron chi connectivity index (χ3n) is 1.65. The van der Waals surface area contributed by atoms with E-state index >= 15 is 0 Å². The highest BCUT2D eigenvalue weighted by molar-refractivity contribution is 4.63. The molecule has 4 nitrogen and oxygen atoms in total. The Morgan fingerprint density at radius 2 is 2.17 bits per heavy atom. The molecule has 1 atom stereocenters. The Hall–Kier alpha value is -0.160. The summed E-state index contributed by atoms with van der Waals surface area (Å²) in [5.41, 5.74) is 4.40. The van der Waals surface area contributed by atoms with Gasteiger partial charge in [-0.1, -0.05) is 0 Å². The molecule has 4 N–H and O–H groups in total. The van der Waals surface area contributed by atoms with Crippen molar-refractivity contribution in [1.82, 2.24) is 10.2 Å². The van der Waals surface area contributed by atoms with Crippen molar-refractivity contribution >= 4 is 0 Å². The molecule has 0 aliphatic rings. The first-order chi connectivity index (χ1) is 5.45. The van der Waals surface area contributed by atoms with Crippen molar-refractivity contribution in [3.63, 3.8) is 0 Å². The van der Waals surface area contributed by atoms with Gasteiger partial charge in [-0.05, 0) is 40.4 Å². The molecule has 0 aromatic heterocycles. The second kappa shape index (κ2) is 5.48. The van der Waals surface area contributed by atoms with E-state index in [1.807, 2.05) is 14.1 Å². The lowest BCUT2D eigenvalue weighted by Crippen LogP contribution is -2.37. The standard InChI is InChI=1S/C8H21N3O/c1-8(9,12)5-4-6-11(3)7-10-2/h10,12H,4-7,9H2,1-3H3/t8-/m0/s1. The quantitative estimate of drug-likeness (QED) is 0.478. The van der Waals surface area contributed by atoms with E-state index in [1.165, 1.54) is 0 Å². The first kappa shape index (κ1) is 11.8. The van der Waals surface area contributed by atoms with Gasteiger partial charge in [0.2, 0.25) is 0 Å². The van der Waals surface area contributed by atoms with Crippen LogP contribution in [0.1, 0.15) is 19.8 Å². The number of hydrogen-bond acceptors (Lipinski definition) is 4. The van der Waals surface area contributed by atoms with E-state index in [0.717, 1.165) is 19.6 Å². The van der Waals surface area contributed by atoms with Gasteiger partial charge in [0.1, 0.15) is 5.72 Å².